The van der Waals surface area contributed by atoms with Gasteiger partial charge >= 0.3 is 0 Å². The van der Waals surface area contributed by atoms with Gasteiger partial charge in [0, 0.05) is 12.5 Å². The fraction of sp³-hybridized carbons (Fsp3) is 0.500. The summed E-state index contributed by atoms with van der Waals surface area (Å²) in [6.07, 6.45) is 1.23. The van der Waals surface area contributed by atoms with Crippen LogP contribution in [0.5, 0.6) is 5.75 Å². The third kappa shape index (κ3) is 2.95. The van der Waals surface area contributed by atoms with Crippen LogP contribution in [-0.4, -0.2) is 19.7 Å². The topological polar surface area (TPSA) is 21.3 Å². The number of hydrogen-bond acceptors (Lipinski definition) is 2. The summed E-state index contributed by atoms with van der Waals surface area (Å²) in [6, 6.07) is 6.19. The van der Waals surface area contributed by atoms with Crippen molar-refractivity contribution in [2.45, 2.75) is 13.3 Å². The van der Waals surface area contributed by atoms with E-state index in [0.717, 1.165) is 29.9 Å². The highest BCUT2D eigenvalue weighted by Gasteiger charge is 2.15. The first-order chi connectivity index (χ1) is 7.25. The average Bonchev–Trinajstić information content (AvgIpc) is 2.69. The Morgan fingerprint density at radius 3 is 3.07 bits per heavy atom. The Morgan fingerprint density at radius 1 is 1.53 bits per heavy atom. The summed E-state index contributed by atoms with van der Waals surface area (Å²) in [6.45, 7) is 5.11. The second kappa shape index (κ2) is 4.99. The second-order valence-electron chi connectivity index (χ2n) is 4.10. The minimum absolute atomic E-state index is 0.665. The molecule has 1 unspecified atom stereocenters. The molecule has 0 saturated carbocycles. The number of rotatable bonds is 3. The maximum Gasteiger partial charge on any atom is 0.133 e. The first-order valence-electron chi connectivity index (χ1n) is 5.35. The molecule has 1 aromatic carbocycles. The largest absolute Gasteiger partial charge is 0.492 e. The molecule has 0 radical (unpaired) electrons. The van der Waals surface area contributed by atoms with Gasteiger partial charge in [-0.3, -0.25) is 0 Å². The SMILES string of the molecule is Cc1ccc(OCC2CCNC2)c(Br)c1. The molecule has 82 valence electrons. The van der Waals surface area contributed by atoms with E-state index in [1.807, 2.05) is 6.07 Å². The van der Waals surface area contributed by atoms with Crippen LogP contribution in [0.1, 0.15) is 12.0 Å². The average molecular weight is 270 g/mol. The van der Waals surface area contributed by atoms with Crippen molar-refractivity contribution in [3.8, 4) is 5.75 Å². The van der Waals surface area contributed by atoms with Crippen molar-refractivity contribution < 1.29 is 4.74 Å². The van der Waals surface area contributed by atoms with Gasteiger partial charge in [0.1, 0.15) is 5.75 Å². The summed E-state index contributed by atoms with van der Waals surface area (Å²) in [4.78, 5) is 0. The van der Waals surface area contributed by atoms with Crippen LogP contribution in [-0.2, 0) is 0 Å². The standard InChI is InChI=1S/C12H16BrNO/c1-9-2-3-12(11(13)6-9)15-8-10-4-5-14-7-10/h2-3,6,10,14H,4-5,7-8H2,1H3. The predicted molar refractivity (Wildman–Crippen MR) is 65.4 cm³/mol. The molecule has 0 aliphatic carbocycles. The van der Waals surface area contributed by atoms with E-state index >= 15 is 0 Å². The van der Waals surface area contributed by atoms with Gasteiger partial charge in [-0.2, -0.15) is 0 Å². The molecule has 0 spiro atoms. The molecular weight excluding hydrogens is 254 g/mol. The van der Waals surface area contributed by atoms with Crippen LogP contribution in [0.4, 0.5) is 0 Å². The van der Waals surface area contributed by atoms with E-state index in [9.17, 15) is 0 Å². The highest BCUT2D eigenvalue weighted by Crippen LogP contribution is 2.26. The van der Waals surface area contributed by atoms with Gasteiger partial charge in [0.15, 0.2) is 0 Å². The molecule has 1 heterocycles. The first-order valence-corrected chi connectivity index (χ1v) is 6.14. The van der Waals surface area contributed by atoms with Gasteiger partial charge in [-0.1, -0.05) is 6.07 Å². The van der Waals surface area contributed by atoms with Crippen molar-refractivity contribution in [3.05, 3.63) is 28.2 Å². The molecular formula is C12H16BrNO. The second-order valence-corrected chi connectivity index (χ2v) is 4.96. The monoisotopic (exact) mass is 269 g/mol. The third-order valence-corrected chi connectivity index (χ3v) is 3.34. The lowest BCUT2D eigenvalue weighted by Gasteiger charge is -2.12. The molecule has 3 heteroatoms. The number of halogens is 1. The van der Waals surface area contributed by atoms with Crippen molar-refractivity contribution in [2.24, 2.45) is 5.92 Å². The molecule has 1 N–H and O–H groups in total. The lowest BCUT2D eigenvalue weighted by Crippen LogP contribution is -2.15. The first kappa shape index (κ1) is 11.0. The summed E-state index contributed by atoms with van der Waals surface area (Å²) in [7, 11) is 0. The van der Waals surface area contributed by atoms with Crippen LogP contribution in [0.2, 0.25) is 0 Å². The minimum Gasteiger partial charge on any atom is -0.492 e. The van der Waals surface area contributed by atoms with Crippen molar-refractivity contribution in [1.82, 2.24) is 5.32 Å². The Balaban J connectivity index is 1.92. The van der Waals surface area contributed by atoms with Gasteiger partial charge < -0.3 is 10.1 Å². The lowest BCUT2D eigenvalue weighted by molar-refractivity contribution is 0.258. The van der Waals surface area contributed by atoms with Crippen molar-refractivity contribution in [2.75, 3.05) is 19.7 Å². The molecule has 1 atom stereocenters. The normalized spacial score (nSPS) is 20.5. The van der Waals surface area contributed by atoms with Crippen LogP contribution in [0.25, 0.3) is 0 Å². The molecule has 0 amide bonds. The van der Waals surface area contributed by atoms with Gasteiger partial charge in [0.2, 0.25) is 0 Å². The van der Waals surface area contributed by atoms with Crippen LogP contribution in [0.15, 0.2) is 22.7 Å². The van der Waals surface area contributed by atoms with Crippen LogP contribution in [0, 0.1) is 12.8 Å². The van der Waals surface area contributed by atoms with Crippen LogP contribution in [0.3, 0.4) is 0 Å². The number of ether oxygens (including phenoxy) is 1. The molecule has 15 heavy (non-hydrogen) atoms. The summed E-state index contributed by atoms with van der Waals surface area (Å²) in [5.41, 5.74) is 1.25. The Hall–Kier alpha value is -0.540. The number of aryl methyl sites for hydroxylation is 1. The molecule has 1 aromatic rings. The summed E-state index contributed by atoms with van der Waals surface area (Å²) in [5.74, 6) is 1.62. The highest BCUT2D eigenvalue weighted by molar-refractivity contribution is 9.10. The Labute approximate surface area is 99.1 Å². The highest BCUT2D eigenvalue weighted by atomic mass is 79.9. The predicted octanol–water partition coefficient (Wildman–Crippen LogP) is 2.75. The van der Waals surface area contributed by atoms with E-state index < -0.39 is 0 Å². The number of benzene rings is 1. The summed E-state index contributed by atoms with van der Waals surface area (Å²) in [5, 5.41) is 3.34. The van der Waals surface area contributed by atoms with Gasteiger partial charge in [-0.25, -0.2) is 0 Å². The maximum atomic E-state index is 5.79. The molecule has 1 fully saturated rings. The van der Waals surface area contributed by atoms with E-state index in [1.165, 1.54) is 12.0 Å². The molecule has 0 bridgehead atoms. The quantitative estimate of drug-likeness (QED) is 0.911. The van der Waals surface area contributed by atoms with Gasteiger partial charge in [-0.15, -0.1) is 0 Å². The van der Waals surface area contributed by atoms with E-state index in [4.69, 9.17) is 4.74 Å². The van der Waals surface area contributed by atoms with Gasteiger partial charge in [-0.05, 0) is 53.5 Å². The zero-order chi connectivity index (χ0) is 10.7. The molecule has 1 aliphatic heterocycles. The molecule has 1 aliphatic rings. The van der Waals surface area contributed by atoms with E-state index in [0.29, 0.717) is 5.92 Å². The van der Waals surface area contributed by atoms with E-state index in [-0.39, 0.29) is 0 Å². The maximum absolute atomic E-state index is 5.79. The molecule has 1 saturated heterocycles. The van der Waals surface area contributed by atoms with Crippen molar-refractivity contribution in [1.29, 1.82) is 0 Å². The zero-order valence-electron chi connectivity index (χ0n) is 8.92. The van der Waals surface area contributed by atoms with Crippen molar-refractivity contribution >= 4 is 15.9 Å². The third-order valence-electron chi connectivity index (χ3n) is 2.72. The zero-order valence-corrected chi connectivity index (χ0v) is 10.5. The fourth-order valence-electron chi connectivity index (χ4n) is 1.79. The molecule has 0 aromatic heterocycles. The molecule has 2 rings (SSSR count). The molecule has 2 nitrogen and oxygen atoms in total. The van der Waals surface area contributed by atoms with Gasteiger partial charge in [0.25, 0.3) is 0 Å². The van der Waals surface area contributed by atoms with E-state index in [1.54, 1.807) is 0 Å². The summed E-state index contributed by atoms with van der Waals surface area (Å²) < 4.78 is 6.84. The Bertz CT molecular complexity index is 334. The fourth-order valence-corrected chi connectivity index (χ4v) is 2.39. The smallest absolute Gasteiger partial charge is 0.133 e. The van der Waals surface area contributed by atoms with Gasteiger partial charge in [0.05, 0.1) is 11.1 Å². The van der Waals surface area contributed by atoms with Crippen LogP contribution < -0.4 is 10.1 Å². The Morgan fingerprint density at radius 2 is 2.40 bits per heavy atom. The number of hydrogen-bond donors (Lipinski definition) is 1. The van der Waals surface area contributed by atoms with Crippen molar-refractivity contribution in [3.63, 3.8) is 0 Å². The van der Waals surface area contributed by atoms with E-state index in [2.05, 4.69) is 40.3 Å². The lowest BCUT2D eigenvalue weighted by atomic mass is 10.1. The number of nitrogens with one attached hydrogen (secondary N) is 1. The Kier molecular flexibility index (Phi) is 3.65. The minimum atomic E-state index is 0.665. The summed E-state index contributed by atoms with van der Waals surface area (Å²) >= 11 is 3.52. The van der Waals surface area contributed by atoms with Crippen LogP contribution >= 0.6 is 15.9 Å².